The number of ether oxygens (including phenoxy) is 1. The zero-order chi connectivity index (χ0) is 15.9. The molecule has 0 spiro atoms. The summed E-state index contributed by atoms with van der Waals surface area (Å²) in [6.07, 6.45) is -4.53. The molecule has 1 fully saturated rings. The summed E-state index contributed by atoms with van der Waals surface area (Å²) in [5.41, 5.74) is -0.540. The Morgan fingerprint density at radius 3 is 2.82 bits per heavy atom. The van der Waals surface area contributed by atoms with Crippen LogP contribution < -0.4 is 5.32 Å². The number of amides is 1. The van der Waals surface area contributed by atoms with Crippen LogP contribution in [-0.4, -0.2) is 50.2 Å². The highest BCUT2D eigenvalue weighted by atomic mass is 19.4. The molecule has 1 aromatic carbocycles. The standard InChI is InChI=1S/C15H17F3N2O2/c1-22-6-5-20-12-8-19-7-10(12)9-3-2-4-11(15(16,17)18)13(9)14(20)21/h2-4,10,12,19H,5-8H2,1H3/t10-,12+/m1/s1. The van der Waals surface area contributed by atoms with E-state index in [1.807, 2.05) is 0 Å². The molecule has 7 heteroatoms. The largest absolute Gasteiger partial charge is 0.417 e. The van der Waals surface area contributed by atoms with Crippen molar-refractivity contribution in [1.82, 2.24) is 10.2 Å². The molecule has 0 radical (unpaired) electrons. The SMILES string of the molecule is COCCN1C(=O)c2c(cccc2C(F)(F)F)[C@H]2CNC[C@@H]21. The van der Waals surface area contributed by atoms with E-state index >= 15 is 0 Å². The van der Waals surface area contributed by atoms with Crippen molar-refractivity contribution in [3.63, 3.8) is 0 Å². The molecule has 0 unspecified atom stereocenters. The first kappa shape index (κ1) is 15.3. The Bertz CT molecular complexity index is 589. The summed E-state index contributed by atoms with van der Waals surface area (Å²) in [5.74, 6) is -0.656. The maximum Gasteiger partial charge on any atom is 0.417 e. The Hall–Kier alpha value is -1.60. The quantitative estimate of drug-likeness (QED) is 0.926. The van der Waals surface area contributed by atoms with E-state index in [9.17, 15) is 18.0 Å². The van der Waals surface area contributed by atoms with Crippen LogP contribution in [0.25, 0.3) is 0 Å². The molecule has 0 aliphatic carbocycles. The second-order valence-corrected chi connectivity index (χ2v) is 5.59. The van der Waals surface area contributed by atoms with Crippen LogP contribution >= 0.6 is 0 Å². The summed E-state index contributed by atoms with van der Waals surface area (Å²) in [4.78, 5) is 14.2. The first-order valence-corrected chi connectivity index (χ1v) is 7.16. The van der Waals surface area contributed by atoms with Crippen LogP contribution in [-0.2, 0) is 10.9 Å². The van der Waals surface area contributed by atoms with Crippen LogP contribution in [0.2, 0.25) is 0 Å². The van der Waals surface area contributed by atoms with Crippen LogP contribution in [0.5, 0.6) is 0 Å². The third-order valence-corrected chi connectivity index (χ3v) is 4.40. The Morgan fingerprint density at radius 1 is 1.36 bits per heavy atom. The van der Waals surface area contributed by atoms with E-state index in [-0.39, 0.29) is 17.5 Å². The Labute approximate surface area is 126 Å². The highest BCUT2D eigenvalue weighted by molar-refractivity contribution is 5.99. The van der Waals surface area contributed by atoms with Crippen molar-refractivity contribution in [2.75, 3.05) is 33.4 Å². The van der Waals surface area contributed by atoms with Gasteiger partial charge in [0.25, 0.3) is 5.91 Å². The summed E-state index contributed by atoms with van der Waals surface area (Å²) in [7, 11) is 1.51. The van der Waals surface area contributed by atoms with Gasteiger partial charge in [-0.25, -0.2) is 0 Å². The smallest absolute Gasteiger partial charge is 0.383 e. The third kappa shape index (κ3) is 2.38. The summed E-state index contributed by atoms with van der Waals surface area (Å²) in [6.45, 7) is 1.77. The fourth-order valence-corrected chi connectivity index (χ4v) is 3.41. The number of benzene rings is 1. The minimum Gasteiger partial charge on any atom is -0.383 e. The van der Waals surface area contributed by atoms with Gasteiger partial charge in [0.15, 0.2) is 0 Å². The molecular formula is C15H17F3N2O2. The van der Waals surface area contributed by atoms with Crippen molar-refractivity contribution in [2.24, 2.45) is 0 Å². The van der Waals surface area contributed by atoms with E-state index in [1.165, 1.54) is 18.1 Å². The lowest BCUT2D eigenvalue weighted by Crippen LogP contribution is -2.50. The van der Waals surface area contributed by atoms with Crippen LogP contribution in [0.3, 0.4) is 0 Å². The maximum atomic E-state index is 13.3. The molecular weight excluding hydrogens is 297 g/mol. The number of rotatable bonds is 3. The molecule has 4 nitrogen and oxygen atoms in total. The van der Waals surface area contributed by atoms with Crippen LogP contribution in [0.4, 0.5) is 13.2 Å². The number of alkyl halides is 3. The highest BCUT2D eigenvalue weighted by Crippen LogP contribution is 2.41. The zero-order valence-electron chi connectivity index (χ0n) is 12.1. The number of carbonyl (C=O) groups is 1. The highest BCUT2D eigenvalue weighted by Gasteiger charge is 2.46. The van der Waals surface area contributed by atoms with Crippen molar-refractivity contribution < 1.29 is 22.7 Å². The van der Waals surface area contributed by atoms with Crippen molar-refractivity contribution in [3.05, 3.63) is 34.9 Å². The number of halogens is 3. The average Bonchev–Trinajstić information content (AvgIpc) is 2.95. The number of nitrogens with one attached hydrogen (secondary N) is 1. The van der Waals surface area contributed by atoms with Gasteiger partial charge in [-0.2, -0.15) is 13.2 Å². The molecule has 0 aromatic heterocycles. The van der Waals surface area contributed by atoms with Gasteiger partial charge in [-0.3, -0.25) is 4.79 Å². The molecule has 2 heterocycles. The third-order valence-electron chi connectivity index (χ3n) is 4.40. The normalized spacial score (nSPS) is 24.4. The molecule has 3 rings (SSSR count). The maximum absolute atomic E-state index is 13.3. The van der Waals surface area contributed by atoms with Gasteiger partial charge < -0.3 is 15.0 Å². The lowest BCUT2D eigenvalue weighted by molar-refractivity contribution is -0.138. The van der Waals surface area contributed by atoms with Crippen molar-refractivity contribution >= 4 is 5.91 Å². The fraction of sp³-hybridized carbons (Fsp3) is 0.533. The van der Waals surface area contributed by atoms with E-state index < -0.39 is 17.6 Å². The molecule has 120 valence electrons. The van der Waals surface area contributed by atoms with E-state index in [0.29, 0.717) is 31.8 Å². The number of hydrogen-bond donors (Lipinski definition) is 1. The van der Waals surface area contributed by atoms with E-state index in [2.05, 4.69) is 5.32 Å². The summed E-state index contributed by atoms with van der Waals surface area (Å²) in [5, 5.41) is 3.17. The summed E-state index contributed by atoms with van der Waals surface area (Å²) < 4.78 is 44.8. The van der Waals surface area contributed by atoms with Crippen LogP contribution in [0.1, 0.15) is 27.4 Å². The van der Waals surface area contributed by atoms with E-state index in [4.69, 9.17) is 4.74 Å². The number of hydrogen-bond acceptors (Lipinski definition) is 3. The van der Waals surface area contributed by atoms with Crippen molar-refractivity contribution in [2.45, 2.75) is 18.1 Å². The predicted molar refractivity (Wildman–Crippen MR) is 73.8 cm³/mol. The first-order chi connectivity index (χ1) is 10.4. The zero-order valence-corrected chi connectivity index (χ0v) is 12.1. The molecule has 0 saturated carbocycles. The Morgan fingerprint density at radius 2 is 2.14 bits per heavy atom. The van der Waals surface area contributed by atoms with Gasteiger partial charge in [0, 0.05) is 32.7 Å². The molecule has 1 N–H and O–H groups in total. The molecule has 2 aliphatic heterocycles. The lowest BCUT2D eigenvalue weighted by atomic mass is 9.82. The minimum atomic E-state index is -4.53. The monoisotopic (exact) mass is 314 g/mol. The number of fused-ring (bicyclic) bond motifs is 3. The average molecular weight is 314 g/mol. The fourth-order valence-electron chi connectivity index (χ4n) is 3.41. The van der Waals surface area contributed by atoms with Crippen LogP contribution in [0.15, 0.2) is 18.2 Å². The number of methoxy groups -OCH3 is 1. The van der Waals surface area contributed by atoms with Gasteiger partial charge >= 0.3 is 6.18 Å². The number of nitrogens with zero attached hydrogens (tertiary/aromatic N) is 1. The van der Waals surface area contributed by atoms with Crippen LogP contribution in [0, 0.1) is 0 Å². The van der Waals surface area contributed by atoms with Crippen molar-refractivity contribution in [3.8, 4) is 0 Å². The lowest BCUT2D eigenvalue weighted by Gasteiger charge is -2.39. The minimum absolute atomic E-state index is 0.105. The predicted octanol–water partition coefficient (Wildman–Crippen LogP) is 1.86. The van der Waals surface area contributed by atoms with Gasteiger partial charge in [0.2, 0.25) is 0 Å². The summed E-state index contributed by atoms with van der Waals surface area (Å²) in [6, 6.07) is 3.89. The molecule has 0 bridgehead atoms. The van der Waals surface area contributed by atoms with Gasteiger partial charge in [0.05, 0.1) is 23.8 Å². The molecule has 1 saturated heterocycles. The van der Waals surface area contributed by atoms with Gasteiger partial charge in [0.1, 0.15) is 0 Å². The second-order valence-electron chi connectivity index (χ2n) is 5.59. The molecule has 1 aromatic rings. The summed E-state index contributed by atoms with van der Waals surface area (Å²) >= 11 is 0. The van der Waals surface area contributed by atoms with E-state index in [1.54, 1.807) is 6.07 Å². The second kappa shape index (κ2) is 5.55. The molecule has 2 aliphatic rings. The van der Waals surface area contributed by atoms with Gasteiger partial charge in [-0.15, -0.1) is 0 Å². The van der Waals surface area contributed by atoms with E-state index in [0.717, 1.165) is 6.07 Å². The Kier molecular flexibility index (Phi) is 3.86. The first-order valence-electron chi connectivity index (χ1n) is 7.16. The molecule has 1 amide bonds. The van der Waals surface area contributed by atoms with Gasteiger partial charge in [-0.05, 0) is 11.6 Å². The molecule has 22 heavy (non-hydrogen) atoms. The number of carbonyl (C=O) groups excluding carboxylic acids is 1. The Balaban J connectivity index is 2.10. The van der Waals surface area contributed by atoms with Gasteiger partial charge in [-0.1, -0.05) is 12.1 Å². The topological polar surface area (TPSA) is 41.6 Å². The molecule has 2 atom stereocenters. The van der Waals surface area contributed by atoms with Crippen molar-refractivity contribution in [1.29, 1.82) is 0 Å².